The summed E-state index contributed by atoms with van der Waals surface area (Å²) in [6, 6.07) is 4.44. The molecule has 1 N–H and O–H groups in total. The summed E-state index contributed by atoms with van der Waals surface area (Å²) in [7, 11) is 4.97. The van der Waals surface area contributed by atoms with Gasteiger partial charge in [0, 0.05) is 12.1 Å². The van der Waals surface area contributed by atoms with Gasteiger partial charge in [0.1, 0.15) is 5.75 Å². The van der Waals surface area contributed by atoms with Gasteiger partial charge in [-0.2, -0.15) is 0 Å². The van der Waals surface area contributed by atoms with E-state index >= 15 is 0 Å². The van der Waals surface area contributed by atoms with Gasteiger partial charge in [0.25, 0.3) is 0 Å². The van der Waals surface area contributed by atoms with Crippen molar-refractivity contribution >= 4 is 0 Å². The van der Waals surface area contributed by atoms with Crippen LogP contribution in [0.4, 0.5) is 0 Å². The second kappa shape index (κ2) is 8.69. The van der Waals surface area contributed by atoms with Crippen molar-refractivity contribution in [2.75, 3.05) is 27.9 Å². The van der Waals surface area contributed by atoms with Crippen molar-refractivity contribution in [2.45, 2.75) is 39.2 Å². The summed E-state index contributed by atoms with van der Waals surface area (Å²) < 4.78 is 16.1. The maximum absolute atomic E-state index is 5.43. The van der Waals surface area contributed by atoms with Crippen molar-refractivity contribution in [3.63, 3.8) is 0 Å². The highest BCUT2D eigenvalue weighted by atomic mass is 16.5. The van der Waals surface area contributed by atoms with Gasteiger partial charge < -0.3 is 19.5 Å². The predicted octanol–water partition coefficient (Wildman–Crippen LogP) is 3.03. The number of nitrogens with one attached hydrogen (secondary N) is 1. The van der Waals surface area contributed by atoms with Crippen LogP contribution in [-0.2, 0) is 6.42 Å². The first-order chi connectivity index (χ1) is 9.62. The molecule has 0 saturated heterocycles. The molecular weight excluding hydrogens is 254 g/mol. The summed E-state index contributed by atoms with van der Waals surface area (Å²) in [5.74, 6) is 2.32. The van der Waals surface area contributed by atoms with Gasteiger partial charge in [0.15, 0.2) is 11.5 Å². The number of benzene rings is 1. The van der Waals surface area contributed by atoms with Gasteiger partial charge in [-0.15, -0.1) is 0 Å². The number of hydrogen-bond acceptors (Lipinski definition) is 4. The van der Waals surface area contributed by atoms with Crippen molar-refractivity contribution in [3.05, 3.63) is 17.7 Å². The summed E-state index contributed by atoms with van der Waals surface area (Å²) in [6.45, 7) is 5.38. The minimum absolute atomic E-state index is 0.547. The fourth-order valence-corrected chi connectivity index (χ4v) is 2.12. The van der Waals surface area contributed by atoms with Crippen molar-refractivity contribution in [1.29, 1.82) is 0 Å². The SMILES string of the molecule is COc1cc(OC)c(OC)cc1CCCCNC(C)C. The first-order valence-electron chi connectivity index (χ1n) is 7.14. The number of methoxy groups -OCH3 is 3. The highest BCUT2D eigenvalue weighted by Crippen LogP contribution is 2.35. The quantitative estimate of drug-likeness (QED) is 0.706. The zero-order valence-corrected chi connectivity index (χ0v) is 13.3. The fraction of sp³-hybridized carbons (Fsp3) is 0.625. The Bertz CT molecular complexity index is 405. The van der Waals surface area contributed by atoms with Crippen molar-refractivity contribution in [1.82, 2.24) is 5.32 Å². The predicted molar refractivity (Wildman–Crippen MR) is 82.2 cm³/mol. The molecule has 0 saturated carbocycles. The van der Waals surface area contributed by atoms with Crippen LogP contribution in [0.15, 0.2) is 12.1 Å². The normalized spacial score (nSPS) is 10.7. The van der Waals surface area contributed by atoms with E-state index in [-0.39, 0.29) is 0 Å². The summed E-state index contributed by atoms with van der Waals surface area (Å²) in [5, 5.41) is 3.43. The van der Waals surface area contributed by atoms with Crippen molar-refractivity contribution < 1.29 is 14.2 Å². The Kier molecular flexibility index (Phi) is 7.23. The van der Waals surface area contributed by atoms with Crippen LogP contribution < -0.4 is 19.5 Å². The molecule has 1 aromatic carbocycles. The van der Waals surface area contributed by atoms with Gasteiger partial charge in [-0.25, -0.2) is 0 Å². The number of hydrogen-bond donors (Lipinski definition) is 1. The van der Waals surface area contributed by atoms with Crippen LogP contribution in [0.1, 0.15) is 32.3 Å². The molecule has 0 aliphatic heterocycles. The maximum Gasteiger partial charge on any atom is 0.164 e. The molecule has 0 fully saturated rings. The molecule has 4 nitrogen and oxygen atoms in total. The van der Waals surface area contributed by atoms with E-state index in [9.17, 15) is 0 Å². The third kappa shape index (κ3) is 4.93. The average molecular weight is 281 g/mol. The van der Waals surface area contributed by atoms with Crippen LogP contribution in [-0.4, -0.2) is 33.9 Å². The second-order valence-corrected chi connectivity index (χ2v) is 5.08. The van der Waals surface area contributed by atoms with Gasteiger partial charge in [0.05, 0.1) is 21.3 Å². The minimum atomic E-state index is 0.547. The van der Waals surface area contributed by atoms with Crippen molar-refractivity contribution in [3.8, 4) is 17.2 Å². The molecule has 0 bridgehead atoms. The Morgan fingerprint density at radius 3 is 2.05 bits per heavy atom. The lowest BCUT2D eigenvalue weighted by atomic mass is 10.1. The Labute approximate surface area is 122 Å². The molecule has 0 unspecified atom stereocenters. The van der Waals surface area contributed by atoms with Gasteiger partial charge >= 0.3 is 0 Å². The molecule has 0 spiro atoms. The third-order valence-corrected chi connectivity index (χ3v) is 3.21. The number of rotatable bonds is 9. The molecule has 0 heterocycles. The van der Waals surface area contributed by atoms with E-state index < -0.39 is 0 Å². The minimum Gasteiger partial charge on any atom is -0.496 e. The average Bonchev–Trinajstić information content (AvgIpc) is 2.45. The lowest BCUT2D eigenvalue weighted by molar-refractivity contribution is 0.347. The smallest absolute Gasteiger partial charge is 0.164 e. The van der Waals surface area contributed by atoms with E-state index in [4.69, 9.17) is 14.2 Å². The van der Waals surface area contributed by atoms with E-state index in [1.54, 1.807) is 21.3 Å². The van der Waals surface area contributed by atoms with Gasteiger partial charge in [-0.1, -0.05) is 13.8 Å². The summed E-state index contributed by atoms with van der Waals surface area (Å²) >= 11 is 0. The van der Waals surface area contributed by atoms with E-state index in [0.29, 0.717) is 11.8 Å². The van der Waals surface area contributed by atoms with E-state index in [1.165, 1.54) is 0 Å². The Morgan fingerprint density at radius 1 is 0.900 bits per heavy atom. The van der Waals surface area contributed by atoms with Gasteiger partial charge in [-0.3, -0.25) is 0 Å². The second-order valence-electron chi connectivity index (χ2n) is 5.08. The largest absolute Gasteiger partial charge is 0.496 e. The highest BCUT2D eigenvalue weighted by Gasteiger charge is 2.11. The Morgan fingerprint density at radius 2 is 1.50 bits per heavy atom. The van der Waals surface area contributed by atoms with Crippen LogP contribution in [0.5, 0.6) is 17.2 Å². The standard InChI is InChI=1S/C16H27NO3/c1-12(2)17-9-7-6-8-13-10-15(19-4)16(20-5)11-14(13)18-3/h10-12,17H,6-9H2,1-5H3. The molecule has 1 rings (SSSR count). The molecule has 0 amide bonds. The monoisotopic (exact) mass is 281 g/mol. The summed E-state index contributed by atoms with van der Waals surface area (Å²) in [6.07, 6.45) is 3.24. The topological polar surface area (TPSA) is 39.7 Å². The molecule has 4 heteroatoms. The lowest BCUT2D eigenvalue weighted by Gasteiger charge is -2.14. The molecule has 1 aromatic rings. The molecule has 0 radical (unpaired) electrons. The third-order valence-electron chi connectivity index (χ3n) is 3.21. The number of aryl methyl sites for hydroxylation is 1. The van der Waals surface area contributed by atoms with Crippen LogP contribution in [0.2, 0.25) is 0 Å². The zero-order valence-electron chi connectivity index (χ0n) is 13.3. The molecule has 0 aliphatic rings. The molecule has 0 aliphatic carbocycles. The van der Waals surface area contributed by atoms with Crippen LogP contribution in [0.3, 0.4) is 0 Å². The fourth-order valence-electron chi connectivity index (χ4n) is 2.12. The van der Waals surface area contributed by atoms with Gasteiger partial charge in [0.2, 0.25) is 0 Å². The molecule has 20 heavy (non-hydrogen) atoms. The lowest BCUT2D eigenvalue weighted by Crippen LogP contribution is -2.23. The molecule has 0 atom stereocenters. The zero-order chi connectivity index (χ0) is 15.0. The molecular formula is C16H27NO3. The van der Waals surface area contributed by atoms with Crippen LogP contribution >= 0.6 is 0 Å². The van der Waals surface area contributed by atoms with Gasteiger partial charge in [-0.05, 0) is 37.4 Å². The van der Waals surface area contributed by atoms with E-state index in [0.717, 1.165) is 42.9 Å². The first-order valence-corrected chi connectivity index (χ1v) is 7.14. The summed E-state index contributed by atoms with van der Waals surface area (Å²) in [5.41, 5.74) is 1.16. The van der Waals surface area contributed by atoms with E-state index in [2.05, 4.69) is 19.2 Å². The van der Waals surface area contributed by atoms with Crippen molar-refractivity contribution in [2.24, 2.45) is 0 Å². The Hall–Kier alpha value is -1.42. The first kappa shape index (κ1) is 16.6. The van der Waals surface area contributed by atoms with Crippen LogP contribution in [0.25, 0.3) is 0 Å². The van der Waals surface area contributed by atoms with Crippen LogP contribution in [0, 0.1) is 0 Å². The highest BCUT2D eigenvalue weighted by molar-refractivity contribution is 5.50. The number of ether oxygens (including phenoxy) is 3. The number of unbranched alkanes of at least 4 members (excludes halogenated alkanes) is 1. The molecule has 0 aromatic heterocycles. The van der Waals surface area contributed by atoms with E-state index in [1.807, 2.05) is 12.1 Å². The maximum atomic E-state index is 5.43. The molecule has 114 valence electrons. The Balaban J connectivity index is 2.63. The summed E-state index contributed by atoms with van der Waals surface area (Å²) in [4.78, 5) is 0.